The van der Waals surface area contributed by atoms with Crippen molar-refractivity contribution in [3.8, 4) is 5.75 Å². The van der Waals surface area contributed by atoms with Crippen molar-refractivity contribution in [1.29, 1.82) is 0 Å². The molecule has 2 N–H and O–H groups in total. The standard InChI is InChI=1S/C10H12FNOS/c11-6-3-7-13-9-5-2-1-4-8(9)10(12)14/h1-2,4-5H,3,6-7H2,(H2,12,14). The molecule has 0 saturated carbocycles. The molecular formula is C10H12FNOS. The second kappa shape index (κ2) is 5.54. The van der Waals surface area contributed by atoms with Gasteiger partial charge in [0.25, 0.3) is 0 Å². The van der Waals surface area contributed by atoms with Gasteiger partial charge in [0.05, 0.1) is 18.8 Å². The third kappa shape index (κ3) is 2.96. The molecule has 0 aliphatic rings. The molecule has 0 spiro atoms. The largest absolute Gasteiger partial charge is 0.493 e. The Bertz CT molecular complexity index is 317. The first-order valence-electron chi connectivity index (χ1n) is 4.33. The molecule has 4 heteroatoms. The molecule has 76 valence electrons. The van der Waals surface area contributed by atoms with Gasteiger partial charge in [-0.25, -0.2) is 0 Å². The summed E-state index contributed by atoms with van der Waals surface area (Å²) in [6.07, 6.45) is 0.381. The summed E-state index contributed by atoms with van der Waals surface area (Å²) in [5.74, 6) is 0.619. The fourth-order valence-corrected chi connectivity index (χ4v) is 1.20. The van der Waals surface area contributed by atoms with Crippen LogP contribution in [0.2, 0.25) is 0 Å². The van der Waals surface area contributed by atoms with E-state index in [1.807, 2.05) is 12.1 Å². The van der Waals surface area contributed by atoms with Crippen molar-refractivity contribution in [3.63, 3.8) is 0 Å². The Morgan fingerprint density at radius 2 is 2.14 bits per heavy atom. The number of para-hydroxylation sites is 1. The lowest BCUT2D eigenvalue weighted by Crippen LogP contribution is -2.12. The minimum absolute atomic E-state index is 0.292. The molecule has 0 fully saturated rings. The normalized spacial score (nSPS) is 9.79. The molecule has 14 heavy (non-hydrogen) atoms. The predicted molar refractivity (Wildman–Crippen MR) is 58.4 cm³/mol. The lowest BCUT2D eigenvalue weighted by molar-refractivity contribution is 0.289. The first-order chi connectivity index (χ1) is 6.75. The summed E-state index contributed by atoms with van der Waals surface area (Å²) in [4.78, 5) is 0.292. The van der Waals surface area contributed by atoms with Crippen LogP contribution in [0.5, 0.6) is 5.75 Å². The molecule has 1 rings (SSSR count). The average Bonchev–Trinajstić information content (AvgIpc) is 2.19. The van der Waals surface area contributed by atoms with Crippen LogP contribution in [-0.4, -0.2) is 18.3 Å². The maximum atomic E-state index is 11.8. The van der Waals surface area contributed by atoms with Crippen LogP contribution < -0.4 is 10.5 Å². The number of hydrogen-bond donors (Lipinski definition) is 1. The highest BCUT2D eigenvalue weighted by Gasteiger charge is 2.04. The number of benzene rings is 1. The van der Waals surface area contributed by atoms with Crippen LogP contribution >= 0.6 is 12.2 Å². The molecule has 0 heterocycles. The third-order valence-electron chi connectivity index (χ3n) is 1.69. The van der Waals surface area contributed by atoms with Gasteiger partial charge in [0.1, 0.15) is 10.7 Å². The Labute approximate surface area is 87.9 Å². The van der Waals surface area contributed by atoms with E-state index in [0.717, 1.165) is 0 Å². The summed E-state index contributed by atoms with van der Waals surface area (Å²) >= 11 is 4.85. The van der Waals surface area contributed by atoms with E-state index in [2.05, 4.69) is 0 Å². The smallest absolute Gasteiger partial charge is 0.129 e. The molecule has 0 saturated heterocycles. The molecule has 0 radical (unpaired) electrons. The summed E-state index contributed by atoms with van der Waals surface area (Å²) in [6.45, 7) is -0.0363. The first-order valence-corrected chi connectivity index (χ1v) is 4.74. The van der Waals surface area contributed by atoms with Crippen molar-refractivity contribution in [3.05, 3.63) is 29.8 Å². The Morgan fingerprint density at radius 1 is 1.43 bits per heavy atom. The Balaban J connectivity index is 2.69. The minimum Gasteiger partial charge on any atom is -0.493 e. The van der Waals surface area contributed by atoms with E-state index in [1.165, 1.54) is 0 Å². The molecule has 0 amide bonds. The molecule has 1 aromatic carbocycles. The number of alkyl halides is 1. The van der Waals surface area contributed by atoms with Gasteiger partial charge in [-0.3, -0.25) is 4.39 Å². The lowest BCUT2D eigenvalue weighted by Gasteiger charge is -2.09. The van der Waals surface area contributed by atoms with Crippen molar-refractivity contribution in [2.75, 3.05) is 13.3 Å². The van der Waals surface area contributed by atoms with Gasteiger partial charge in [0, 0.05) is 6.42 Å². The Morgan fingerprint density at radius 3 is 2.79 bits per heavy atom. The van der Waals surface area contributed by atoms with Crippen LogP contribution in [0.3, 0.4) is 0 Å². The van der Waals surface area contributed by atoms with Gasteiger partial charge in [0.2, 0.25) is 0 Å². The van der Waals surface area contributed by atoms with Crippen LogP contribution in [0.4, 0.5) is 4.39 Å². The van der Waals surface area contributed by atoms with Gasteiger partial charge >= 0.3 is 0 Å². The van der Waals surface area contributed by atoms with Gasteiger partial charge in [-0.05, 0) is 12.1 Å². The summed E-state index contributed by atoms with van der Waals surface area (Å²) in [7, 11) is 0. The van der Waals surface area contributed by atoms with E-state index in [1.54, 1.807) is 12.1 Å². The van der Waals surface area contributed by atoms with Crippen LogP contribution in [0.25, 0.3) is 0 Å². The number of rotatable bonds is 5. The fraction of sp³-hybridized carbons (Fsp3) is 0.300. The summed E-state index contributed by atoms with van der Waals surface area (Å²) in [5.41, 5.74) is 6.19. The SMILES string of the molecule is NC(=S)c1ccccc1OCCCF. The Hall–Kier alpha value is -1.16. The summed E-state index contributed by atoms with van der Waals surface area (Å²) in [5, 5.41) is 0. The molecule has 1 aromatic rings. The molecular weight excluding hydrogens is 201 g/mol. The lowest BCUT2D eigenvalue weighted by atomic mass is 10.2. The van der Waals surface area contributed by atoms with E-state index in [4.69, 9.17) is 22.7 Å². The van der Waals surface area contributed by atoms with Crippen LogP contribution in [0, 0.1) is 0 Å². The number of halogens is 1. The predicted octanol–water partition coefficient (Wildman–Crippen LogP) is 2.06. The van der Waals surface area contributed by atoms with Gasteiger partial charge in [-0.15, -0.1) is 0 Å². The first kappa shape index (κ1) is 10.9. The quantitative estimate of drug-likeness (QED) is 0.600. The maximum absolute atomic E-state index is 11.8. The molecule has 0 aromatic heterocycles. The van der Waals surface area contributed by atoms with Gasteiger partial charge in [-0.1, -0.05) is 24.4 Å². The average molecular weight is 213 g/mol. The van der Waals surface area contributed by atoms with Gasteiger partial charge in [-0.2, -0.15) is 0 Å². The second-order valence-corrected chi connectivity index (χ2v) is 3.19. The van der Waals surface area contributed by atoms with Gasteiger partial charge in [0.15, 0.2) is 0 Å². The highest BCUT2D eigenvalue weighted by Crippen LogP contribution is 2.17. The zero-order valence-electron chi connectivity index (χ0n) is 7.70. The van der Waals surface area contributed by atoms with Crippen LogP contribution in [-0.2, 0) is 0 Å². The van der Waals surface area contributed by atoms with E-state index in [9.17, 15) is 4.39 Å². The molecule has 0 unspecified atom stereocenters. The monoisotopic (exact) mass is 213 g/mol. The van der Waals surface area contributed by atoms with E-state index in [0.29, 0.717) is 29.3 Å². The number of hydrogen-bond acceptors (Lipinski definition) is 2. The topological polar surface area (TPSA) is 35.2 Å². The highest BCUT2D eigenvalue weighted by atomic mass is 32.1. The van der Waals surface area contributed by atoms with Gasteiger partial charge < -0.3 is 10.5 Å². The van der Waals surface area contributed by atoms with Crippen molar-refractivity contribution in [2.24, 2.45) is 5.73 Å². The minimum atomic E-state index is -0.380. The number of thiocarbonyl (C=S) groups is 1. The maximum Gasteiger partial charge on any atom is 0.129 e. The van der Waals surface area contributed by atoms with Crippen molar-refractivity contribution in [2.45, 2.75) is 6.42 Å². The third-order valence-corrected chi connectivity index (χ3v) is 1.91. The molecule has 0 aliphatic carbocycles. The molecule has 0 atom stereocenters. The van der Waals surface area contributed by atoms with Crippen molar-refractivity contribution in [1.82, 2.24) is 0 Å². The Kier molecular flexibility index (Phi) is 4.32. The number of ether oxygens (including phenoxy) is 1. The fourth-order valence-electron chi connectivity index (χ4n) is 1.03. The van der Waals surface area contributed by atoms with Crippen molar-refractivity contribution >= 4 is 17.2 Å². The second-order valence-electron chi connectivity index (χ2n) is 2.75. The summed E-state index contributed by atoms with van der Waals surface area (Å²) in [6, 6.07) is 7.21. The van der Waals surface area contributed by atoms with Crippen LogP contribution in [0.1, 0.15) is 12.0 Å². The van der Waals surface area contributed by atoms with Crippen molar-refractivity contribution < 1.29 is 9.13 Å². The molecule has 0 bridgehead atoms. The highest BCUT2D eigenvalue weighted by molar-refractivity contribution is 7.80. The van der Waals surface area contributed by atoms with E-state index >= 15 is 0 Å². The molecule has 2 nitrogen and oxygen atoms in total. The summed E-state index contributed by atoms with van der Waals surface area (Å²) < 4.78 is 17.2. The van der Waals surface area contributed by atoms with E-state index in [-0.39, 0.29) is 6.67 Å². The van der Waals surface area contributed by atoms with Crippen LogP contribution in [0.15, 0.2) is 24.3 Å². The number of nitrogens with two attached hydrogens (primary N) is 1. The zero-order chi connectivity index (χ0) is 10.4. The molecule has 0 aliphatic heterocycles. The van der Waals surface area contributed by atoms with E-state index < -0.39 is 0 Å². The zero-order valence-corrected chi connectivity index (χ0v) is 8.52.